The molecule has 0 aliphatic carbocycles. The van der Waals surface area contributed by atoms with Crippen LogP contribution in [0.3, 0.4) is 0 Å². The number of hydrogen-bond acceptors (Lipinski definition) is 1. The highest BCUT2D eigenvalue weighted by Crippen LogP contribution is 2.25. The molecule has 2 N–H and O–H groups in total. The van der Waals surface area contributed by atoms with E-state index in [0.717, 1.165) is 0 Å². The Morgan fingerprint density at radius 1 is 1.38 bits per heavy atom. The van der Waals surface area contributed by atoms with Gasteiger partial charge in [0, 0.05) is 18.6 Å². The van der Waals surface area contributed by atoms with Gasteiger partial charge in [0.2, 0.25) is 0 Å². The molecule has 1 aromatic carbocycles. The van der Waals surface area contributed by atoms with Crippen molar-refractivity contribution in [1.29, 1.82) is 0 Å². The molecule has 2 nitrogen and oxygen atoms in total. The molecular weight excluding hydrogens is 174 g/mol. The molecule has 2 aromatic rings. The number of nitrogen functional groups attached to an aromatic ring is 1. The van der Waals surface area contributed by atoms with Gasteiger partial charge in [0.15, 0.2) is 5.82 Å². The lowest BCUT2D eigenvalue weighted by Crippen LogP contribution is -1.98. The normalized spacial score (nSPS) is 11.0. The second-order valence-electron chi connectivity index (χ2n) is 2.95. The lowest BCUT2D eigenvalue weighted by atomic mass is 10.2. The van der Waals surface area contributed by atoms with Gasteiger partial charge in [-0.25, -0.2) is 8.78 Å². The first kappa shape index (κ1) is 8.04. The van der Waals surface area contributed by atoms with E-state index in [1.807, 2.05) is 0 Å². The van der Waals surface area contributed by atoms with Gasteiger partial charge in [0.25, 0.3) is 0 Å². The number of nitrogens with two attached hydrogens (primary N) is 1. The van der Waals surface area contributed by atoms with Crippen LogP contribution in [-0.4, -0.2) is 4.57 Å². The second kappa shape index (κ2) is 2.45. The average Bonchev–Trinajstić information content (AvgIpc) is 2.43. The molecular formula is C9H8F2N2. The van der Waals surface area contributed by atoms with E-state index >= 15 is 0 Å². The van der Waals surface area contributed by atoms with Gasteiger partial charge in [0.05, 0.1) is 5.52 Å². The summed E-state index contributed by atoms with van der Waals surface area (Å²) in [7, 11) is 1.68. The van der Waals surface area contributed by atoms with Gasteiger partial charge in [-0.05, 0) is 12.1 Å². The van der Waals surface area contributed by atoms with Crippen molar-refractivity contribution < 1.29 is 8.78 Å². The van der Waals surface area contributed by atoms with Gasteiger partial charge in [-0.3, -0.25) is 0 Å². The Bertz CT molecular complexity index is 474. The van der Waals surface area contributed by atoms with Gasteiger partial charge in [-0.2, -0.15) is 0 Å². The van der Waals surface area contributed by atoms with Gasteiger partial charge < -0.3 is 10.3 Å². The lowest BCUT2D eigenvalue weighted by molar-refractivity contribution is 0.596. The van der Waals surface area contributed by atoms with Crippen LogP contribution in [0.15, 0.2) is 18.3 Å². The zero-order valence-electron chi connectivity index (χ0n) is 7.01. The lowest BCUT2D eigenvalue weighted by Gasteiger charge is -2.02. The molecule has 1 heterocycles. The zero-order chi connectivity index (χ0) is 9.59. The van der Waals surface area contributed by atoms with Crippen LogP contribution < -0.4 is 5.73 Å². The van der Waals surface area contributed by atoms with Gasteiger partial charge in [0.1, 0.15) is 11.5 Å². The molecule has 0 bridgehead atoms. The van der Waals surface area contributed by atoms with Crippen LogP contribution in [0.1, 0.15) is 0 Å². The highest BCUT2D eigenvalue weighted by atomic mass is 19.1. The number of rotatable bonds is 0. The Morgan fingerprint density at radius 3 is 2.77 bits per heavy atom. The minimum atomic E-state index is -0.712. The van der Waals surface area contributed by atoms with Crippen molar-refractivity contribution in [3.63, 3.8) is 0 Å². The average molecular weight is 182 g/mol. The maximum atomic E-state index is 13.4. The van der Waals surface area contributed by atoms with Crippen molar-refractivity contribution in [3.05, 3.63) is 30.0 Å². The fraction of sp³-hybridized carbons (Fsp3) is 0.111. The monoisotopic (exact) mass is 182 g/mol. The van der Waals surface area contributed by atoms with Crippen molar-refractivity contribution in [3.8, 4) is 0 Å². The van der Waals surface area contributed by atoms with Crippen molar-refractivity contribution in [2.45, 2.75) is 0 Å². The zero-order valence-corrected chi connectivity index (χ0v) is 7.01. The first-order valence-electron chi connectivity index (χ1n) is 3.80. The van der Waals surface area contributed by atoms with E-state index in [-0.39, 0.29) is 0 Å². The SMILES string of the molecule is Cn1ccc2cc(F)c(N)c(F)c21. The molecule has 0 aliphatic rings. The van der Waals surface area contributed by atoms with Crippen LogP contribution in [0.5, 0.6) is 0 Å². The molecule has 0 amide bonds. The first-order valence-corrected chi connectivity index (χ1v) is 3.80. The first-order chi connectivity index (χ1) is 6.11. The fourth-order valence-corrected chi connectivity index (χ4v) is 1.39. The summed E-state index contributed by atoms with van der Waals surface area (Å²) in [6, 6.07) is 2.87. The highest BCUT2D eigenvalue weighted by molar-refractivity contribution is 5.84. The van der Waals surface area contributed by atoms with E-state index in [0.29, 0.717) is 10.9 Å². The van der Waals surface area contributed by atoms with E-state index < -0.39 is 17.3 Å². The molecule has 1 aromatic heterocycles. The number of aryl methyl sites for hydroxylation is 1. The van der Waals surface area contributed by atoms with Gasteiger partial charge in [-0.1, -0.05) is 0 Å². The minimum Gasteiger partial charge on any atom is -0.394 e. The van der Waals surface area contributed by atoms with Crippen LogP contribution >= 0.6 is 0 Å². The maximum Gasteiger partial charge on any atom is 0.173 e. The summed E-state index contributed by atoms with van der Waals surface area (Å²) in [4.78, 5) is 0. The number of halogens is 2. The summed E-state index contributed by atoms with van der Waals surface area (Å²) < 4.78 is 27.9. The predicted molar refractivity (Wildman–Crippen MR) is 47.2 cm³/mol. The molecule has 0 saturated carbocycles. The van der Waals surface area contributed by atoms with Crippen LogP contribution in [0.2, 0.25) is 0 Å². The van der Waals surface area contributed by atoms with Crippen LogP contribution in [0, 0.1) is 11.6 Å². The quantitative estimate of drug-likeness (QED) is 0.621. The van der Waals surface area contributed by atoms with Crippen molar-refractivity contribution in [2.75, 3.05) is 5.73 Å². The Morgan fingerprint density at radius 2 is 2.08 bits per heavy atom. The third kappa shape index (κ3) is 0.983. The van der Waals surface area contributed by atoms with E-state index in [4.69, 9.17) is 5.73 Å². The molecule has 0 aliphatic heterocycles. The summed E-state index contributed by atoms with van der Waals surface area (Å²) >= 11 is 0. The molecule has 2 rings (SSSR count). The summed E-state index contributed by atoms with van der Waals surface area (Å²) in [6.45, 7) is 0. The predicted octanol–water partition coefficient (Wildman–Crippen LogP) is 2.04. The van der Waals surface area contributed by atoms with Gasteiger partial charge in [-0.15, -0.1) is 0 Å². The third-order valence-corrected chi connectivity index (χ3v) is 2.09. The molecule has 0 fully saturated rings. The van der Waals surface area contributed by atoms with Crippen LogP contribution in [-0.2, 0) is 7.05 Å². The topological polar surface area (TPSA) is 30.9 Å². The number of hydrogen-bond donors (Lipinski definition) is 1. The fourth-order valence-electron chi connectivity index (χ4n) is 1.39. The van der Waals surface area contributed by atoms with E-state index in [1.165, 1.54) is 6.07 Å². The molecule has 0 radical (unpaired) electrons. The summed E-state index contributed by atoms with van der Waals surface area (Å²) in [5.41, 5.74) is 5.12. The number of aromatic nitrogens is 1. The van der Waals surface area contributed by atoms with E-state index in [2.05, 4.69) is 0 Å². The van der Waals surface area contributed by atoms with Gasteiger partial charge >= 0.3 is 0 Å². The van der Waals surface area contributed by atoms with Crippen molar-refractivity contribution in [1.82, 2.24) is 4.57 Å². The molecule has 0 saturated heterocycles. The Hall–Kier alpha value is -1.58. The Balaban J connectivity index is 2.97. The summed E-state index contributed by atoms with van der Waals surface area (Å²) in [6.07, 6.45) is 1.66. The van der Waals surface area contributed by atoms with Crippen molar-refractivity contribution >= 4 is 16.6 Å². The molecule has 13 heavy (non-hydrogen) atoms. The smallest absolute Gasteiger partial charge is 0.173 e. The van der Waals surface area contributed by atoms with E-state index in [9.17, 15) is 8.78 Å². The number of benzene rings is 1. The molecule has 0 atom stereocenters. The minimum absolute atomic E-state index is 0.332. The third-order valence-electron chi connectivity index (χ3n) is 2.09. The number of anilines is 1. The number of fused-ring (bicyclic) bond motifs is 1. The van der Waals surface area contributed by atoms with E-state index in [1.54, 1.807) is 23.9 Å². The second-order valence-corrected chi connectivity index (χ2v) is 2.95. The summed E-state index contributed by atoms with van der Waals surface area (Å²) in [5.74, 6) is -1.40. The maximum absolute atomic E-state index is 13.4. The number of nitrogens with zero attached hydrogens (tertiary/aromatic N) is 1. The molecule has 4 heteroatoms. The van der Waals surface area contributed by atoms with Crippen molar-refractivity contribution in [2.24, 2.45) is 7.05 Å². The largest absolute Gasteiger partial charge is 0.394 e. The molecule has 68 valence electrons. The van der Waals surface area contributed by atoms with Crippen LogP contribution in [0.25, 0.3) is 10.9 Å². The Labute approximate surface area is 73.6 Å². The molecule has 0 spiro atoms. The standard InChI is InChI=1S/C9H8F2N2/c1-13-3-2-5-4-6(10)8(12)7(11)9(5)13/h2-4H,12H2,1H3. The Kier molecular flexibility index (Phi) is 1.52. The van der Waals surface area contributed by atoms with Crippen LogP contribution in [0.4, 0.5) is 14.5 Å². The molecule has 0 unspecified atom stereocenters. The highest BCUT2D eigenvalue weighted by Gasteiger charge is 2.12. The summed E-state index contributed by atoms with van der Waals surface area (Å²) in [5, 5.41) is 0.520.